The molecule has 0 saturated heterocycles. The van der Waals surface area contributed by atoms with Crippen LogP contribution in [0.4, 0.5) is 0 Å². The van der Waals surface area contributed by atoms with E-state index in [-0.39, 0.29) is 11.1 Å². The highest BCUT2D eigenvalue weighted by Gasteiger charge is 2.21. The summed E-state index contributed by atoms with van der Waals surface area (Å²) in [5, 5.41) is 0. The summed E-state index contributed by atoms with van der Waals surface area (Å²) in [6.07, 6.45) is 3.50. The normalized spacial score (nSPS) is 11.7. The lowest BCUT2D eigenvalue weighted by molar-refractivity contribution is 0.334. The summed E-state index contributed by atoms with van der Waals surface area (Å²) in [5.41, 5.74) is 5.87. The largest absolute Gasteiger partial charge is 0.324 e. The molecule has 0 atom stereocenters. The summed E-state index contributed by atoms with van der Waals surface area (Å²) >= 11 is 3.22. The maximum absolute atomic E-state index is 11.7. The van der Waals surface area contributed by atoms with Crippen molar-refractivity contribution >= 4 is 15.9 Å². The summed E-state index contributed by atoms with van der Waals surface area (Å²) in [4.78, 5) is 11.7. The molecule has 0 radical (unpaired) electrons. The van der Waals surface area contributed by atoms with E-state index in [1.165, 1.54) is 0 Å². The summed E-state index contributed by atoms with van der Waals surface area (Å²) in [6, 6.07) is 3.59. The van der Waals surface area contributed by atoms with Crippen LogP contribution in [-0.4, -0.2) is 10.1 Å². The van der Waals surface area contributed by atoms with Crippen LogP contribution in [0, 0.1) is 0 Å². The second-order valence-corrected chi connectivity index (χ2v) is 4.71. The molecule has 1 aromatic rings. The van der Waals surface area contributed by atoms with Gasteiger partial charge >= 0.3 is 0 Å². The van der Waals surface area contributed by atoms with Crippen LogP contribution in [0.2, 0.25) is 0 Å². The first-order valence-corrected chi connectivity index (χ1v) is 5.95. The number of hydrogen-bond acceptors (Lipinski definition) is 2. The van der Waals surface area contributed by atoms with E-state index in [4.69, 9.17) is 5.73 Å². The summed E-state index contributed by atoms with van der Waals surface area (Å²) < 4.78 is 2.25. The van der Waals surface area contributed by atoms with E-state index in [2.05, 4.69) is 15.9 Å². The molecule has 0 amide bonds. The molecule has 1 aromatic heterocycles. The molecule has 84 valence electrons. The minimum atomic E-state index is -0.287. The van der Waals surface area contributed by atoms with E-state index in [9.17, 15) is 4.79 Å². The highest BCUT2D eigenvalue weighted by Crippen LogP contribution is 2.13. The first-order chi connectivity index (χ1) is 7.02. The SMILES string of the molecule is CCC(N)(CC)Cn1cccc(Br)c1=O. The van der Waals surface area contributed by atoms with Gasteiger partial charge in [-0.2, -0.15) is 0 Å². The van der Waals surface area contributed by atoms with Crippen molar-refractivity contribution in [2.75, 3.05) is 0 Å². The second kappa shape index (κ2) is 4.94. The highest BCUT2D eigenvalue weighted by atomic mass is 79.9. The summed E-state index contributed by atoms with van der Waals surface area (Å²) in [6.45, 7) is 4.66. The van der Waals surface area contributed by atoms with Crippen molar-refractivity contribution in [3.63, 3.8) is 0 Å². The Morgan fingerprint density at radius 3 is 2.60 bits per heavy atom. The molecule has 0 aromatic carbocycles. The second-order valence-electron chi connectivity index (χ2n) is 3.86. The zero-order chi connectivity index (χ0) is 11.5. The molecule has 15 heavy (non-hydrogen) atoms. The molecule has 1 rings (SSSR count). The van der Waals surface area contributed by atoms with Crippen LogP contribution in [0.3, 0.4) is 0 Å². The van der Waals surface area contributed by atoms with Crippen LogP contribution in [0.25, 0.3) is 0 Å². The molecule has 3 nitrogen and oxygen atoms in total. The minimum absolute atomic E-state index is 0.0192. The van der Waals surface area contributed by atoms with E-state index in [1.807, 2.05) is 19.9 Å². The van der Waals surface area contributed by atoms with Crippen LogP contribution in [0.15, 0.2) is 27.6 Å². The van der Waals surface area contributed by atoms with Gasteiger partial charge in [0.05, 0.1) is 4.47 Å². The van der Waals surface area contributed by atoms with Crippen LogP contribution in [-0.2, 0) is 6.54 Å². The third-order valence-electron chi connectivity index (χ3n) is 2.87. The van der Waals surface area contributed by atoms with Crippen LogP contribution < -0.4 is 11.3 Å². The highest BCUT2D eigenvalue weighted by molar-refractivity contribution is 9.10. The number of halogens is 1. The van der Waals surface area contributed by atoms with Gasteiger partial charge in [-0.3, -0.25) is 4.79 Å². The topological polar surface area (TPSA) is 48.0 Å². The predicted molar refractivity (Wildman–Crippen MR) is 65.9 cm³/mol. The van der Waals surface area contributed by atoms with Gasteiger partial charge < -0.3 is 10.3 Å². The van der Waals surface area contributed by atoms with Crippen molar-refractivity contribution in [2.24, 2.45) is 5.73 Å². The fourth-order valence-corrected chi connectivity index (χ4v) is 1.83. The molecular formula is C11H17BrN2O. The number of aromatic nitrogens is 1. The van der Waals surface area contributed by atoms with Gasteiger partial charge in [-0.15, -0.1) is 0 Å². The molecule has 0 aliphatic carbocycles. The zero-order valence-electron chi connectivity index (χ0n) is 9.16. The molecule has 0 spiro atoms. The van der Waals surface area contributed by atoms with E-state index in [1.54, 1.807) is 16.8 Å². The molecule has 4 heteroatoms. The molecule has 0 aliphatic rings. The van der Waals surface area contributed by atoms with Gasteiger partial charge in [0.1, 0.15) is 0 Å². The maximum atomic E-state index is 11.7. The van der Waals surface area contributed by atoms with Crippen molar-refractivity contribution in [1.29, 1.82) is 0 Å². The third-order valence-corrected chi connectivity index (χ3v) is 3.47. The number of pyridine rings is 1. The Labute approximate surface area is 98.4 Å². The predicted octanol–water partition coefficient (Wildman–Crippen LogP) is 2.13. The fourth-order valence-electron chi connectivity index (χ4n) is 1.44. The Balaban J connectivity index is 2.99. The molecule has 0 bridgehead atoms. The van der Waals surface area contributed by atoms with E-state index >= 15 is 0 Å². The van der Waals surface area contributed by atoms with Crippen molar-refractivity contribution in [2.45, 2.75) is 38.8 Å². The standard InChI is InChI=1S/C11H17BrN2O/c1-3-11(13,4-2)8-14-7-5-6-9(12)10(14)15/h5-7H,3-4,8,13H2,1-2H3. The molecule has 0 saturated carbocycles. The van der Waals surface area contributed by atoms with Gasteiger partial charge in [0.2, 0.25) is 0 Å². The van der Waals surface area contributed by atoms with E-state index in [0.717, 1.165) is 12.8 Å². The lowest BCUT2D eigenvalue weighted by atomic mass is 9.94. The Morgan fingerprint density at radius 2 is 2.07 bits per heavy atom. The molecule has 0 unspecified atom stereocenters. The number of nitrogens with two attached hydrogens (primary N) is 1. The Kier molecular flexibility index (Phi) is 4.11. The minimum Gasteiger partial charge on any atom is -0.324 e. The van der Waals surface area contributed by atoms with Crippen molar-refractivity contribution in [1.82, 2.24) is 4.57 Å². The lowest BCUT2D eigenvalue weighted by Crippen LogP contribution is -2.45. The number of rotatable bonds is 4. The first-order valence-electron chi connectivity index (χ1n) is 5.16. The average Bonchev–Trinajstić information content (AvgIpc) is 2.25. The molecular weight excluding hydrogens is 256 g/mol. The van der Waals surface area contributed by atoms with Gasteiger partial charge in [0.15, 0.2) is 0 Å². The Bertz CT molecular complexity index is 382. The van der Waals surface area contributed by atoms with Crippen molar-refractivity contribution in [3.8, 4) is 0 Å². The monoisotopic (exact) mass is 272 g/mol. The number of hydrogen-bond donors (Lipinski definition) is 1. The lowest BCUT2D eigenvalue weighted by Gasteiger charge is -2.27. The summed E-state index contributed by atoms with van der Waals surface area (Å²) in [5.74, 6) is 0. The summed E-state index contributed by atoms with van der Waals surface area (Å²) in [7, 11) is 0. The molecule has 0 fully saturated rings. The van der Waals surface area contributed by atoms with Gasteiger partial charge in [-0.25, -0.2) is 0 Å². The fraction of sp³-hybridized carbons (Fsp3) is 0.545. The van der Waals surface area contributed by atoms with Crippen LogP contribution >= 0.6 is 15.9 Å². The number of nitrogens with zero attached hydrogens (tertiary/aromatic N) is 1. The van der Waals surface area contributed by atoms with E-state index in [0.29, 0.717) is 11.0 Å². The smallest absolute Gasteiger partial charge is 0.264 e. The Hall–Kier alpha value is -0.610. The maximum Gasteiger partial charge on any atom is 0.264 e. The van der Waals surface area contributed by atoms with Gasteiger partial charge in [0, 0.05) is 18.3 Å². The van der Waals surface area contributed by atoms with Crippen molar-refractivity contribution in [3.05, 3.63) is 33.2 Å². The van der Waals surface area contributed by atoms with Gasteiger partial charge in [0.25, 0.3) is 5.56 Å². The Morgan fingerprint density at radius 1 is 1.47 bits per heavy atom. The molecule has 2 N–H and O–H groups in total. The van der Waals surface area contributed by atoms with Gasteiger partial charge in [-0.1, -0.05) is 13.8 Å². The molecule has 1 heterocycles. The van der Waals surface area contributed by atoms with Crippen LogP contribution in [0.1, 0.15) is 26.7 Å². The van der Waals surface area contributed by atoms with Crippen LogP contribution in [0.5, 0.6) is 0 Å². The van der Waals surface area contributed by atoms with E-state index < -0.39 is 0 Å². The zero-order valence-corrected chi connectivity index (χ0v) is 10.8. The first kappa shape index (κ1) is 12.5. The van der Waals surface area contributed by atoms with Crippen molar-refractivity contribution < 1.29 is 0 Å². The third kappa shape index (κ3) is 2.92. The molecule has 0 aliphatic heterocycles. The average molecular weight is 273 g/mol. The van der Waals surface area contributed by atoms with Gasteiger partial charge in [-0.05, 0) is 40.9 Å². The quantitative estimate of drug-likeness (QED) is 0.913.